The summed E-state index contributed by atoms with van der Waals surface area (Å²) in [7, 11) is 0. The number of rotatable bonds is 2. The molecule has 1 nitrogen and oxygen atoms in total. The van der Waals surface area contributed by atoms with Crippen LogP contribution in [-0.2, 0) is 4.79 Å². The average molecular weight is 133 g/mol. The molecule has 0 amide bonds. The molecule has 0 saturated heterocycles. The first kappa shape index (κ1) is 7.70. The zero-order valence-electron chi connectivity index (χ0n) is 5.07. The molecular weight excluding hydrogens is 124 g/mol. The van der Waals surface area contributed by atoms with E-state index in [1.165, 1.54) is 0 Å². The Morgan fingerprint density at radius 3 is 2.12 bits per heavy atom. The lowest BCUT2D eigenvalue weighted by atomic mass is 10.1. The molecule has 0 fully saturated rings. The summed E-state index contributed by atoms with van der Waals surface area (Å²) >= 11 is 5.12. The van der Waals surface area contributed by atoms with E-state index in [0.29, 0.717) is 0 Å². The van der Waals surface area contributed by atoms with Crippen LogP contribution in [-0.4, -0.2) is 5.24 Å². The van der Waals surface area contributed by atoms with E-state index in [-0.39, 0.29) is 11.2 Å². The van der Waals surface area contributed by atoms with Gasteiger partial charge in [0.25, 0.3) is 0 Å². The highest BCUT2D eigenvalue weighted by Gasteiger charge is 2.08. The molecule has 0 aliphatic heterocycles. The second-order valence-corrected chi connectivity index (χ2v) is 2.24. The third-order valence-electron chi connectivity index (χ3n) is 1.08. The fourth-order valence-corrected chi connectivity index (χ4v) is 0.380. The molecule has 0 aromatic rings. The second kappa shape index (κ2) is 2.88. The van der Waals surface area contributed by atoms with Gasteiger partial charge in [0.2, 0.25) is 5.24 Å². The van der Waals surface area contributed by atoms with Crippen molar-refractivity contribution in [2.24, 2.45) is 5.92 Å². The van der Waals surface area contributed by atoms with Gasteiger partial charge in [0.05, 0.1) is 5.92 Å². The molecule has 1 unspecified atom stereocenters. The monoisotopic (exact) mass is 132 g/mol. The standard InChI is InChI=1S/C6H9ClO/c1-4(2)5(3)6(7)8/h5H,1H2,2-3H3. The smallest absolute Gasteiger partial charge is 0.228 e. The van der Waals surface area contributed by atoms with Crippen LogP contribution in [0.4, 0.5) is 0 Å². The van der Waals surface area contributed by atoms with Crippen LogP contribution < -0.4 is 0 Å². The van der Waals surface area contributed by atoms with Crippen molar-refractivity contribution in [3.63, 3.8) is 0 Å². The summed E-state index contributed by atoms with van der Waals surface area (Å²) in [6.07, 6.45) is 0. The minimum absolute atomic E-state index is 0.198. The Balaban J connectivity index is 3.83. The van der Waals surface area contributed by atoms with E-state index in [1.807, 2.05) is 0 Å². The third kappa shape index (κ3) is 2.12. The largest absolute Gasteiger partial charge is 0.281 e. The lowest BCUT2D eigenvalue weighted by Gasteiger charge is -2.01. The zero-order chi connectivity index (χ0) is 6.73. The van der Waals surface area contributed by atoms with Crippen molar-refractivity contribution in [2.75, 3.05) is 0 Å². The van der Waals surface area contributed by atoms with Gasteiger partial charge in [0.1, 0.15) is 0 Å². The summed E-state index contributed by atoms with van der Waals surface area (Å²) in [5.74, 6) is -0.198. The van der Waals surface area contributed by atoms with Gasteiger partial charge in [-0.25, -0.2) is 0 Å². The molecule has 0 bridgehead atoms. The summed E-state index contributed by atoms with van der Waals surface area (Å²) in [4.78, 5) is 10.3. The van der Waals surface area contributed by atoms with Gasteiger partial charge in [-0.05, 0) is 18.5 Å². The van der Waals surface area contributed by atoms with Crippen molar-refractivity contribution in [3.8, 4) is 0 Å². The van der Waals surface area contributed by atoms with Crippen LogP contribution in [0.1, 0.15) is 13.8 Å². The van der Waals surface area contributed by atoms with Gasteiger partial charge in [-0.15, -0.1) is 0 Å². The lowest BCUT2D eigenvalue weighted by Crippen LogP contribution is -2.03. The molecule has 1 atom stereocenters. The molecule has 0 aliphatic rings. The van der Waals surface area contributed by atoms with Crippen LogP contribution in [0.15, 0.2) is 12.2 Å². The molecule has 0 aromatic carbocycles. The number of hydrogen-bond acceptors (Lipinski definition) is 1. The van der Waals surface area contributed by atoms with Gasteiger partial charge >= 0.3 is 0 Å². The van der Waals surface area contributed by atoms with Gasteiger partial charge in [-0.3, -0.25) is 4.79 Å². The highest BCUT2D eigenvalue weighted by Crippen LogP contribution is 2.09. The van der Waals surface area contributed by atoms with Gasteiger partial charge < -0.3 is 0 Å². The van der Waals surface area contributed by atoms with Crippen LogP contribution in [0.5, 0.6) is 0 Å². The topological polar surface area (TPSA) is 17.1 Å². The molecule has 0 aliphatic carbocycles. The first-order chi connectivity index (χ1) is 3.55. The fourth-order valence-electron chi connectivity index (χ4n) is 0.194. The second-order valence-electron chi connectivity index (χ2n) is 1.87. The van der Waals surface area contributed by atoms with E-state index in [0.717, 1.165) is 5.57 Å². The highest BCUT2D eigenvalue weighted by atomic mass is 35.5. The molecule has 0 spiro atoms. The van der Waals surface area contributed by atoms with E-state index in [1.54, 1.807) is 13.8 Å². The summed E-state index contributed by atoms with van der Waals surface area (Å²) in [6.45, 7) is 7.09. The van der Waals surface area contributed by atoms with Crippen LogP contribution >= 0.6 is 11.6 Å². The molecule has 2 heteroatoms. The van der Waals surface area contributed by atoms with Crippen LogP contribution in [0.3, 0.4) is 0 Å². The van der Waals surface area contributed by atoms with Crippen molar-refractivity contribution >= 4 is 16.8 Å². The first-order valence-corrected chi connectivity index (χ1v) is 2.78. The van der Waals surface area contributed by atoms with Crippen LogP contribution in [0.2, 0.25) is 0 Å². The van der Waals surface area contributed by atoms with E-state index in [2.05, 4.69) is 6.58 Å². The minimum Gasteiger partial charge on any atom is -0.281 e. The first-order valence-electron chi connectivity index (χ1n) is 2.40. The lowest BCUT2D eigenvalue weighted by molar-refractivity contribution is -0.113. The molecule has 8 heavy (non-hydrogen) atoms. The Morgan fingerprint density at radius 2 is 2.12 bits per heavy atom. The Kier molecular flexibility index (Phi) is 2.77. The molecule has 46 valence electrons. The fraction of sp³-hybridized carbons (Fsp3) is 0.500. The van der Waals surface area contributed by atoms with Gasteiger partial charge in [0.15, 0.2) is 0 Å². The summed E-state index contributed by atoms with van der Waals surface area (Å²) in [6, 6.07) is 0. The predicted octanol–water partition coefficient (Wildman–Crippen LogP) is 1.96. The minimum atomic E-state index is -0.336. The summed E-state index contributed by atoms with van der Waals surface area (Å²) in [5, 5.41) is -0.336. The number of halogens is 1. The number of carbonyl (C=O) groups excluding carboxylic acids is 1. The van der Waals surface area contributed by atoms with Crippen LogP contribution in [0.25, 0.3) is 0 Å². The van der Waals surface area contributed by atoms with Crippen molar-refractivity contribution in [1.82, 2.24) is 0 Å². The molecule has 0 rings (SSSR count). The van der Waals surface area contributed by atoms with Crippen LogP contribution in [0, 0.1) is 5.92 Å². The summed E-state index contributed by atoms with van der Waals surface area (Å²) in [5.41, 5.74) is 0.810. The van der Waals surface area contributed by atoms with Crippen molar-refractivity contribution in [1.29, 1.82) is 0 Å². The zero-order valence-corrected chi connectivity index (χ0v) is 5.83. The Morgan fingerprint density at radius 1 is 1.75 bits per heavy atom. The van der Waals surface area contributed by atoms with Gasteiger partial charge in [-0.1, -0.05) is 19.1 Å². The van der Waals surface area contributed by atoms with Crippen molar-refractivity contribution < 1.29 is 4.79 Å². The predicted molar refractivity (Wildman–Crippen MR) is 34.8 cm³/mol. The summed E-state index contributed by atoms with van der Waals surface area (Å²) < 4.78 is 0. The molecular formula is C6H9ClO. The Labute approximate surface area is 54.3 Å². The SMILES string of the molecule is C=C(C)C(C)C(=O)Cl. The quantitative estimate of drug-likeness (QED) is 0.415. The molecule has 0 heterocycles. The van der Waals surface area contributed by atoms with E-state index >= 15 is 0 Å². The third-order valence-corrected chi connectivity index (χ3v) is 1.41. The van der Waals surface area contributed by atoms with Gasteiger partial charge in [-0.2, -0.15) is 0 Å². The Bertz CT molecular complexity index is 104. The molecule has 0 N–H and O–H groups in total. The maximum atomic E-state index is 10.3. The normalized spacial score (nSPS) is 12.9. The maximum Gasteiger partial charge on any atom is 0.228 e. The average Bonchev–Trinajstić information content (AvgIpc) is 1.64. The van der Waals surface area contributed by atoms with Crippen molar-refractivity contribution in [3.05, 3.63) is 12.2 Å². The van der Waals surface area contributed by atoms with Gasteiger partial charge in [0, 0.05) is 0 Å². The van der Waals surface area contributed by atoms with E-state index in [4.69, 9.17) is 11.6 Å². The van der Waals surface area contributed by atoms with Crippen molar-refractivity contribution in [2.45, 2.75) is 13.8 Å². The number of hydrogen-bond donors (Lipinski definition) is 0. The number of allylic oxidation sites excluding steroid dienone is 1. The van der Waals surface area contributed by atoms with E-state index in [9.17, 15) is 4.79 Å². The Hall–Kier alpha value is -0.300. The maximum absolute atomic E-state index is 10.3. The molecule has 0 radical (unpaired) electrons. The molecule has 0 saturated carbocycles. The highest BCUT2D eigenvalue weighted by molar-refractivity contribution is 6.64. The van der Waals surface area contributed by atoms with E-state index < -0.39 is 0 Å². The number of carbonyl (C=O) groups is 1. The molecule has 0 aromatic heterocycles.